The van der Waals surface area contributed by atoms with Crippen LogP contribution in [0.1, 0.15) is 58.9 Å². The predicted octanol–water partition coefficient (Wildman–Crippen LogP) is 4.56. The number of hydrogen-bond acceptors (Lipinski definition) is 8. The number of amides is 2. The average Bonchev–Trinajstić information content (AvgIpc) is 3.45. The average molecular weight is 648 g/mol. The third-order valence-corrected chi connectivity index (χ3v) is 8.40. The normalized spacial score (nSPS) is 12.8. The Morgan fingerprint density at radius 1 is 0.979 bits per heavy atom. The molecule has 2 aromatic carbocycles. The second kappa shape index (κ2) is 16.1. The van der Waals surface area contributed by atoms with Gasteiger partial charge in [0, 0.05) is 62.8 Å². The highest BCUT2D eigenvalue weighted by atomic mass is 16.5. The van der Waals surface area contributed by atoms with Crippen LogP contribution in [0.5, 0.6) is 0 Å². The predicted molar refractivity (Wildman–Crippen MR) is 182 cm³/mol. The van der Waals surface area contributed by atoms with E-state index in [0.29, 0.717) is 51.6 Å². The Kier molecular flexibility index (Phi) is 12.3. The molecule has 1 aliphatic heterocycles. The first kappa shape index (κ1) is 35.7. The van der Waals surface area contributed by atoms with E-state index in [1.54, 1.807) is 12.0 Å². The molecule has 12 heteroatoms. The fourth-order valence-electron chi connectivity index (χ4n) is 5.28. The molecule has 254 valence electrons. The Balaban J connectivity index is 1.44. The highest BCUT2D eigenvalue weighted by Crippen LogP contribution is 2.41. The smallest absolute Gasteiger partial charge is 0.227 e. The highest BCUT2D eigenvalue weighted by Gasteiger charge is 2.30. The van der Waals surface area contributed by atoms with Crippen LogP contribution < -0.4 is 16.0 Å². The summed E-state index contributed by atoms with van der Waals surface area (Å²) >= 11 is 0. The molecule has 4 rings (SSSR count). The minimum atomic E-state index is -0.621. The number of hydrogen-bond donors (Lipinski definition) is 3. The van der Waals surface area contributed by atoms with Crippen LogP contribution in [0.25, 0.3) is 22.5 Å². The molecule has 2 heterocycles. The summed E-state index contributed by atoms with van der Waals surface area (Å²) in [6, 6.07) is 15.7. The number of rotatable bonds is 17. The number of aryl methyl sites for hydroxylation is 1. The van der Waals surface area contributed by atoms with Crippen molar-refractivity contribution in [1.82, 2.24) is 20.3 Å². The van der Waals surface area contributed by atoms with E-state index in [4.69, 9.17) is 25.4 Å². The van der Waals surface area contributed by atoms with Gasteiger partial charge in [0.1, 0.15) is 5.69 Å². The van der Waals surface area contributed by atoms with Gasteiger partial charge in [-0.15, -0.1) is 5.10 Å². The Bertz CT molecular complexity index is 1530. The molecule has 2 amide bonds. The third-order valence-electron chi connectivity index (χ3n) is 8.40. The van der Waals surface area contributed by atoms with Crippen LogP contribution in [0.3, 0.4) is 0 Å². The maximum absolute atomic E-state index is 13.8. The molecule has 1 aromatic heterocycles. The molecular weight excluding hydrogens is 598 g/mol. The molecule has 0 fully saturated rings. The van der Waals surface area contributed by atoms with Crippen LogP contribution in [-0.2, 0) is 36.9 Å². The van der Waals surface area contributed by atoms with Crippen molar-refractivity contribution in [3.05, 3.63) is 54.1 Å². The lowest BCUT2D eigenvalue weighted by molar-refractivity contribution is -0.126. The van der Waals surface area contributed by atoms with Gasteiger partial charge in [0.15, 0.2) is 0 Å². The minimum absolute atomic E-state index is 0.0407. The number of anilines is 1. The zero-order chi connectivity index (χ0) is 34.0. The summed E-state index contributed by atoms with van der Waals surface area (Å²) in [5, 5.41) is 19.8. The van der Waals surface area contributed by atoms with Crippen LogP contribution in [0, 0.1) is 10.8 Å². The number of carbonyl (C=O) groups is 2. The summed E-state index contributed by atoms with van der Waals surface area (Å²) in [5.41, 5.74) is 9.68. The fourth-order valence-corrected chi connectivity index (χ4v) is 5.28. The topological polar surface area (TPSA) is 158 Å². The van der Waals surface area contributed by atoms with Crippen molar-refractivity contribution in [2.75, 3.05) is 45.0 Å². The molecule has 4 N–H and O–H groups in total. The standard InChI is InChI=1S/C35H49N7O5/c1-34(2,33(36)37)17-20-47-35(3,4)24-38-29(43)15-16-30(44)41-23-25-11-6-7-12-26(25)32-31(27-13-8-9-14-28(27)41)39-40-42(32)18-10-19-46-22-21-45-5/h6-9,11-14H,10,15-24H2,1-5H3,(H3,36,37)(H,38,43). The molecule has 0 radical (unpaired) electrons. The Labute approximate surface area is 277 Å². The Hall–Kier alpha value is -4.13. The number of methoxy groups -OCH3 is 1. The lowest BCUT2D eigenvalue weighted by atomic mass is 9.88. The van der Waals surface area contributed by atoms with E-state index in [1.807, 2.05) is 80.9 Å². The van der Waals surface area contributed by atoms with Gasteiger partial charge in [0.25, 0.3) is 0 Å². The number of nitrogens with one attached hydrogen (secondary N) is 2. The minimum Gasteiger partial charge on any atom is -0.387 e. The van der Waals surface area contributed by atoms with E-state index in [-0.39, 0.29) is 37.0 Å². The van der Waals surface area contributed by atoms with Crippen molar-refractivity contribution in [1.29, 1.82) is 5.41 Å². The van der Waals surface area contributed by atoms with Gasteiger partial charge in [0.05, 0.1) is 42.6 Å². The summed E-state index contributed by atoms with van der Waals surface area (Å²) in [6.45, 7) is 10.9. The highest BCUT2D eigenvalue weighted by molar-refractivity contribution is 6.01. The molecule has 47 heavy (non-hydrogen) atoms. The zero-order valence-corrected chi connectivity index (χ0v) is 28.3. The van der Waals surface area contributed by atoms with E-state index in [0.717, 1.165) is 34.5 Å². The van der Waals surface area contributed by atoms with Crippen LogP contribution >= 0.6 is 0 Å². The molecule has 1 aliphatic rings. The van der Waals surface area contributed by atoms with E-state index >= 15 is 0 Å². The van der Waals surface area contributed by atoms with Gasteiger partial charge in [-0.05, 0) is 38.3 Å². The second-order valence-corrected chi connectivity index (χ2v) is 13.1. The van der Waals surface area contributed by atoms with Crippen LogP contribution in [0.2, 0.25) is 0 Å². The van der Waals surface area contributed by atoms with Crippen molar-refractivity contribution >= 4 is 23.3 Å². The number of para-hydroxylation sites is 1. The first-order valence-electron chi connectivity index (χ1n) is 16.2. The van der Waals surface area contributed by atoms with Gasteiger partial charge in [-0.3, -0.25) is 15.0 Å². The van der Waals surface area contributed by atoms with E-state index < -0.39 is 11.0 Å². The lowest BCUT2D eigenvalue weighted by Crippen LogP contribution is -2.42. The maximum Gasteiger partial charge on any atom is 0.227 e. The van der Waals surface area contributed by atoms with Crippen LogP contribution in [0.15, 0.2) is 48.5 Å². The number of nitrogens with zero attached hydrogens (tertiary/aromatic N) is 4. The number of carbonyl (C=O) groups excluding carboxylic acids is 2. The molecule has 3 aromatic rings. The Morgan fingerprint density at radius 3 is 2.45 bits per heavy atom. The number of benzene rings is 2. The number of nitrogens with two attached hydrogens (primary N) is 1. The van der Waals surface area contributed by atoms with Gasteiger partial charge in [-0.2, -0.15) is 0 Å². The van der Waals surface area contributed by atoms with Gasteiger partial charge in [-0.1, -0.05) is 61.5 Å². The van der Waals surface area contributed by atoms with Crippen molar-refractivity contribution < 1.29 is 23.8 Å². The van der Waals surface area contributed by atoms with Gasteiger partial charge in [-0.25, -0.2) is 4.68 Å². The summed E-state index contributed by atoms with van der Waals surface area (Å²) in [4.78, 5) is 28.4. The molecule has 0 unspecified atom stereocenters. The molecule has 0 saturated heterocycles. The Morgan fingerprint density at radius 2 is 1.70 bits per heavy atom. The van der Waals surface area contributed by atoms with Gasteiger partial charge in [0.2, 0.25) is 11.8 Å². The van der Waals surface area contributed by atoms with Crippen molar-refractivity contribution in [2.45, 2.75) is 72.1 Å². The van der Waals surface area contributed by atoms with Crippen LogP contribution in [0.4, 0.5) is 5.69 Å². The van der Waals surface area contributed by atoms with Crippen molar-refractivity contribution in [3.8, 4) is 22.5 Å². The largest absolute Gasteiger partial charge is 0.387 e. The fraction of sp³-hybridized carbons (Fsp3) is 0.514. The molecule has 0 spiro atoms. The molecular formula is C35H49N7O5. The van der Waals surface area contributed by atoms with Crippen molar-refractivity contribution in [3.63, 3.8) is 0 Å². The molecule has 0 aliphatic carbocycles. The van der Waals surface area contributed by atoms with Crippen molar-refractivity contribution in [2.24, 2.45) is 11.1 Å². The zero-order valence-electron chi connectivity index (χ0n) is 28.3. The summed E-state index contributed by atoms with van der Waals surface area (Å²) in [6.07, 6.45) is 1.44. The van der Waals surface area contributed by atoms with E-state index in [9.17, 15) is 9.59 Å². The molecule has 12 nitrogen and oxygen atoms in total. The van der Waals surface area contributed by atoms with Gasteiger partial charge < -0.3 is 30.2 Å². The van der Waals surface area contributed by atoms with Gasteiger partial charge >= 0.3 is 0 Å². The number of aromatic nitrogens is 3. The number of fused-ring (bicyclic) bond motifs is 5. The number of ether oxygens (including phenoxy) is 3. The lowest BCUT2D eigenvalue weighted by Gasteiger charge is -2.29. The second-order valence-electron chi connectivity index (χ2n) is 13.1. The quantitative estimate of drug-likeness (QED) is 0.109. The molecule has 0 atom stereocenters. The summed E-state index contributed by atoms with van der Waals surface area (Å²) in [7, 11) is 1.65. The summed E-state index contributed by atoms with van der Waals surface area (Å²) < 4.78 is 18.6. The number of amidine groups is 1. The summed E-state index contributed by atoms with van der Waals surface area (Å²) in [5.74, 6) is -0.268. The molecule has 0 bridgehead atoms. The maximum atomic E-state index is 13.8. The molecule has 0 saturated carbocycles. The SMILES string of the molecule is COCCOCCCn1nnc2c1-c1ccccc1CN(C(=O)CCC(=O)NCC(C)(C)OCCC(C)(C)C(=N)N)c1ccccc1-2. The first-order valence-corrected chi connectivity index (χ1v) is 16.2. The van der Waals surface area contributed by atoms with E-state index in [1.165, 1.54) is 0 Å². The third kappa shape index (κ3) is 9.46. The first-order chi connectivity index (χ1) is 22.4. The monoisotopic (exact) mass is 647 g/mol. The van der Waals surface area contributed by atoms with Crippen LogP contribution in [-0.4, -0.2) is 78.3 Å². The van der Waals surface area contributed by atoms with E-state index in [2.05, 4.69) is 15.6 Å².